The molecule has 1 fully saturated rings. The van der Waals surface area contributed by atoms with Gasteiger partial charge in [0.1, 0.15) is 0 Å². The van der Waals surface area contributed by atoms with Crippen molar-refractivity contribution < 1.29 is 5.11 Å². The number of hydrogen-bond acceptors (Lipinski definition) is 3. The fourth-order valence-electron chi connectivity index (χ4n) is 2.28. The van der Waals surface area contributed by atoms with Gasteiger partial charge in [-0.2, -0.15) is 0 Å². The fraction of sp³-hybridized carbons (Fsp3) is 0.571. The number of nitrogen functional groups attached to an aromatic ring is 1. The van der Waals surface area contributed by atoms with Crippen molar-refractivity contribution in [3.8, 4) is 0 Å². The number of anilines is 1. The molecule has 0 heterocycles. The molecular weight excluding hydrogens is 212 g/mol. The fourth-order valence-corrected chi connectivity index (χ4v) is 2.28. The molecule has 2 rings (SSSR count). The van der Waals surface area contributed by atoms with Crippen LogP contribution in [-0.4, -0.2) is 29.1 Å². The first-order chi connectivity index (χ1) is 8.22. The first kappa shape index (κ1) is 12.4. The Morgan fingerprint density at radius 3 is 2.71 bits per heavy atom. The minimum absolute atomic E-state index is 0.469. The molecule has 1 saturated carbocycles. The van der Waals surface area contributed by atoms with Gasteiger partial charge in [-0.3, -0.25) is 4.90 Å². The van der Waals surface area contributed by atoms with Crippen LogP contribution in [0.3, 0.4) is 0 Å². The summed E-state index contributed by atoms with van der Waals surface area (Å²) in [4.78, 5) is 2.39. The molecule has 1 aliphatic rings. The van der Waals surface area contributed by atoms with E-state index in [9.17, 15) is 5.11 Å². The van der Waals surface area contributed by atoms with Gasteiger partial charge in [0.2, 0.25) is 0 Å². The van der Waals surface area contributed by atoms with Crippen molar-refractivity contribution in [3.63, 3.8) is 0 Å². The van der Waals surface area contributed by atoms with E-state index in [0.717, 1.165) is 18.5 Å². The second kappa shape index (κ2) is 5.52. The first-order valence-electron chi connectivity index (χ1n) is 6.49. The Bertz CT molecular complexity index is 363. The van der Waals surface area contributed by atoms with E-state index in [2.05, 4.69) is 11.8 Å². The highest BCUT2D eigenvalue weighted by atomic mass is 16.3. The zero-order valence-corrected chi connectivity index (χ0v) is 10.5. The summed E-state index contributed by atoms with van der Waals surface area (Å²) in [6.45, 7) is 3.94. The number of rotatable bonds is 6. The molecule has 0 bridgehead atoms. The summed E-state index contributed by atoms with van der Waals surface area (Å²) in [5, 5.41) is 10.3. The largest absolute Gasteiger partial charge is 0.398 e. The van der Waals surface area contributed by atoms with Crippen LogP contribution in [0.15, 0.2) is 24.3 Å². The van der Waals surface area contributed by atoms with Crippen LogP contribution in [0.25, 0.3) is 0 Å². The molecule has 94 valence electrons. The number of nitrogens with two attached hydrogens (primary N) is 1. The molecule has 17 heavy (non-hydrogen) atoms. The predicted octanol–water partition coefficient (Wildman–Crippen LogP) is 2.18. The average molecular weight is 234 g/mol. The summed E-state index contributed by atoms with van der Waals surface area (Å²) in [7, 11) is 0. The Labute approximate surface area is 103 Å². The van der Waals surface area contributed by atoms with Crippen molar-refractivity contribution in [3.05, 3.63) is 29.8 Å². The Morgan fingerprint density at radius 1 is 1.41 bits per heavy atom. The second-order valence-electron chi connectivity index (χ2n) is 4.87. The van der Waals surface area contributed by atoms with Crippen molar-refractivity contribution in [1.29, 1.82) is 0 Å². The number of aliphatic hydroxyl groups is 1. The van der Waals surface area contributed by atoms with E-state index in [-0.39, 0.29) is 0 Å². The average Bonchev–Trinajstić information content (AvgIpc) is 3.12. The van der Waals surface area contributed by atoms with E-state index in [1.807, 2.05) is 24.3 Å². The molecule has 0 saturated heterocycles. The Balaban J connectivity index is 1.99. The van der Waals surface area contributed by atoms with Crippen molar-refractivity contribution in [1.82, 2.24) is 4.90 Å². The Hall–Kier alpha value is -1.06. The summed E-state index contributed by atoms with van der Waals surface area (Å²) in [6, 6.07) is 8.28. The van der Waals surface area contributed by atoms with E-state index in [0.29, 0.717) is 18.3 Å². The van der Waals surface area contributed by atoms with Gasteiger partial charge in [0, 0.05) is 23.8 Å². The molecule has 1 aromatic rings. The van der Waals surface area contributed by atoms with Crippen LogP contribution >= 0.6 is 0 Å². The van der Waals surface area contributed by atoms with Crippen LogP contribution in [0, 0.1) is 0 Å². The minimum Gasteiger partial charge on any atom is -0.398 e. The standard InChI is InChI=1S/C14H22N2O/c1-2-9-16(11-7-8-11)10-14(17)12-5-3-4-6-13(12)15/h3-6,11,14,17H,2,7-10,15H2,1H3. The zero-order valence-electron chi connectivity index (χ0n) is 10.5. The minimum atomic E-state index is -0.469. The van der Waals surface area contributed by atoms with E-state index < -0.39 is 6.10 Å². The van der Waals surface area contributed by atoms with E-state index >= 15 is 0 Å². The van der Waals surface area contributed by atoms with Gasteiger partial charge in [-0.25, -0.2) is 0 Å². The lowest BCUT2D eigenvalue weighted by Gasteiger charge is -2.25. The van der Waals surface area contributed by atoms with E-state index in [1.165, 1.54) is 12.8 Å². The first-order valence-corrected chi connectivity index (χ1v) is 6.49. The maximum atomic E-state index is 10.3. The summed E-state index contributed by atoms with van der Waals surface area (Å²) >= 11 is 0. The highest BCUT2D eigenvalue weighted by Gasteiger charge is 2.30. The molecule has 0 aromatic heterocycles. The zero-order chi connectivity index (χ0) is 12.3. The normalized spacial score (nSPS) is 17.4. The van der Waals surface area contributed by atoms with Crippen LogP contribution < -0.4 is 5.73 Å². The summed E-state index contributed by atoms with van der Waals surface area (Å²) < 4.78 is 0. The molecule has 1 unspecified atom stereocenters. The number of hydrogen-bond donors (Lipinski definition) is 2. The lowest BCUT2D eigenvalue weighted by atomic mass is 10.1. The van der Waals surface area contributed by atoms with Gasteiger partial charge < -0.3 is 10.8 Å². The number of aliphatic hydroxyl groups excluding tert-OH is 1. The molecule has 0 amide bonds. The Morgan fingerprint density at radius 2 is 2.12 bits per heavy atom. The second-order valence-corrected chi connectivity index (χ2v) is 4.87. The smallest absolute Gasteiger partial charge is 0.0936 e. The molecule has 1 atom stereocenters. The third-order valence-corrected chi connectivity index (χ3v) is 3.34. The van der Waals surface area contributed by atoms with Gasteiger partial charge in [0.15, 0.2) is 0 Å². The van der Waals surface area contributed by atoms with Crippen molar-refractivity contribution in [2.24, 2.45) is 0 Å². The molecule has 3 heteroatoms. The van der Waals surface area contributed by atoms with Crippen molar-refractivity contribution in [2.45, 2.75) is 38.3 Å². The lowest BCUT2D eigenvalue weighted by molar-refractivity contribution is 0.109. The third-order valence-electron chi connectivity index (χ3n) is 3.34. The molecule has 0 radical (unpaired) electrons. The monoisotopic (exact) mass is 234 g/mol. The summed E-state index contributed by atoms with van der Waals surface area (Å²) in [5.74, 6) is 0. The van der Waals surface area contributed by atoms with Crippen LogP contribution in [0.1, 0.15) is 37.9 Å². The molecule has 0 spiro atoms. The SMILES string of the molecule is CCCN(CC(O)c1ccccc1N)C1CC1. The van der Waals surface area contributed by atoms with Gasteiger partial charge in [-0.05, 0) is 31.9 Å². The van der Waals surface area contributed by atoms with Gasteiger partial charge in [-0.15, -0.1) is 0 Å². The number of nitrogens with zero attached hydrogens (tertiary/aromatic N) is 1. The third kappa shape index (κ3) is 3.20. The highest BCUT2D eigenvalue weighted by Crippen LogP contribution is 2.29. The molecule has 1 aliphatic carbocycles. The van der Waals surface area contributed by atoms with Crippen LogP contribution in [0.4, 0.5) is 5.69 Å². The van der Waals surface area contributed by atoms with Crippen LogP contribution in [-0.2, 0) is 0 Å². The van der Waals surface area contributed by atoms with Crippen LogP contribution in [0.5, 0.6) is 0 Å². The summed E-state index contributed by atoms with van der Waals surface area (Å²) in [6.07, 6.45) is 3.21. The van der Waals surface area contributed by atoms with E-state index in [1.54, 1.807) is 0 Å². The maximum absolute atomic E-state index is 10.3. The molecule has 0 aliphatic heterocycles. The van der Waals surface area contributed by atoms with Gasteiger partial charge in [0.25, 0.3) is 0 Å². The maximum Gasteiger partial charge on any atom is 0.0936 e. The Kier molecular flexibility index (Phi) is 4.02. The van der Waals surface area contributed by atoms with Gasteiger partial charge in [0.05, 0.1) is 6.10 Å². The predicted molar refractivity (Wildman–Crippen MR) is 70.7 cm³/mol. The highest BCUT2D eigenvalue weighted by molar-refractivity contribution is 5.47. The molecule has 3 N–H and O–H groups in total. The van der Waals surface area contributed by atoms with Crippen molar-refractivity contribution in [2.75, 3.05) is 18.8 Å². The quantitative estimate of drug-likeness (QED) is 0.742. The van der Waals surface area contributed by atoms with Crippen LogP contribution in [0.2, 0.25) is 0 Å². The summed E-state index contributed by atoms with van der Waals surface area (Å²) in [5.41, 5.74) is 7.43. The topological polar surface area (TPSA) is 49.5 Å². The van der Waals surface area contributed by atoms with Crippen molar-refractivity contribution >= 4 is 5.69 Å². The molecule has 3 nitrogen and oxygen atoms in total. The lowest BCUT2D eigenvalue weighted by Crippen LogP contribution is -2.31. The number of para-hydroxylation sites is 1. The molecule has 1 aromatic carbocycles. The molecular formula is C14H22N2O. The van der Waals surface area contributed by atoms with Gasteiger partial charge in [-0.1, -0.05) is 25.1 Å². The van der Waals surface area contributed by atoms with E-state index in [4.69, 9.17) is 5.73 Å². The van der Waals surface area contributed by atoms with Gasteiger partial charge >= 0.3 is 0 Å². The number of benzene rings is 1.